The van der Waals surface area contributed by atoms with Gasteiger partial charge in [0.1, 0.15) is 4.21 Å². The highest BCUT2D eigenvalue weighted by molar-refractivity contribution is 7.94. The molecule has 38 heavy (non-hydrogen) atoms. The summed E-state index contributed by atoms with van der Waals surface area (Å²) in [5, 5.41) is 7.16. The van der Waals surface area contributed by atoms with Crippen LogP contribution in [-0.2, 0) is 32.6 Å². The highest BCUT2D eigenvalue weighted by atomic mass is 32.2. The molecule has 2 N–H and O–H groups in total. The van der Waals surface area contributed by atoms with E-state index in [1.165, 1.54) is 21.2 Å². The van der Waals surface area contributed by atoms with E-state index in [1.807, 2.05) is 12.1 Å². The molecule has 3 heterocycles. The van der Waals surface area contributed by atoms with Crippen molar-refractivity contribution in [3.63, 3.8) is 0 Å². The molecule has 0 radical (unpaired) electrons. The molecular formula is C28H32N4O4S2. The number of carbonyl (C=O) groups is 2. The Hall–Kier alpha value is -3.21. The predicted octanol–water partition coefficient (Wildman–Crippen LogP) is 3.86. The first-order chi connectivity index (χ1) is 18.4. The van der Waals surface area contributed by atoms with E-state index in [0.29, 0.717) is 30.4 Å². The van der Waals surface area contributed by atoms with Gasteiger partial charge < -0.3 is 10.6 Å². The van der Waals surface area contributed by atoms with Crippen molar-refractivity contribution in [2.45, 2.75) is 36.4 Å². The Morgan fingerprint density at radius 1 is 0.947 bits per heavy atom. The van der Waals surface area contributed by atoms with E-state index in [9.17, 15) is 18.0 Å². The number of hydrogen-bond acceptors (Lipinski definition) is 6. The first-order valence-corrected chi connectivity index (χ1v) is 15.3. The molecule has 200 valence electrons. The summed E-state index contributed by atoms with van der Waals surface area (Å²) in [6.45, 7) is 3.68. The summed E-state index contributed by atoms with van der Waals surface area (Å²) < 4.78 is 28.0. The molecule has 0 unspecified atom stereocenters. The zero-order chi connectivity index (χ0) is 26.5. The summed E-state index contributed by atoms with van der Waals surface area (Å²) in [5.74, 6) is -1.11. The molecule has 0 bridgehead atoms. The van der Waals surface area contributed by atoms with E-state index in [0.717, 1.165) is 50.9 Å². The van der Waals surface area contributed by atoms with Gasteiger partial charge in [-0.05, 0) is 79.4 Å². The molecule has 0 atom stereocenters. The number of aryl methyl sites for hydroxylation is 1. The van der Waals surface area contributed by atoms with E-state index >= 15 is 0 Å². The molecule has 10 heteroatoms. The smallest absolute Gasteiger partial charge is 0.313 e. The van der Waals surface area contributed by atoms with Gasteiger partial charge in [-0.3, -0.25) is 18.8 Å². The van der Waals surface area contributed by atoms with Crippen LogP contribution in [0.4, 0.5) is 11.4 Å². The summed E-state index contributed by atoms with van der Waals surface area (Å²) in [4.78, 5) is 27.6. The maximum absolute atomic E-state index is 13.2. The quantitative estimate of drug-likeness (QED) is 0.434. The molecule has 2 aliphatic rings. The van der Waals surface area contributed by atoms with E-state index in [4.69, 9.17) is 0 Å². The SMILES string of the molecule is O=C(NCC1CCN(Cc2ccccc2)CC1)C(=O)Nc1ccc2c(c1)N(S(=O)(=O)c1cccs1)CCC2. The minimum absolute atomic E-state index is 0.282. The van der Waals surface area contributed by atoms with Crippen molar-refractivity contribution in [1.82, 2.24) is 10.2 Å². The number of anilines is 2. The minimum atomic E-state index is -3.68. The lowest BCUT2D eigenvalue weighted by atomic mass is 9.96. The zero-order valence-electron chi connectivity index (χ0n) is 21.1. The van der Waals surface area contributed by atoms with Crippen LogP contribution in [0.15, 0.2) is 70.3 Å². The van der Waals surface area contributed by atoms with Gasteiger partial charge in [0.2, 0.25) is 0 Å². The first-order valence-electron chi connectivity index (χ1n) is 12.9. The van der Waals surface area contributed by atoms with Crippen molar-refractivity contribution < 1.29 is 18.0 Å². The third kappa shape index (κ3) is 6.09. The van der Waals surface area contributed by atoms with Crippen molar-refractivity contribution in [3.05, 3.63) is 77.2 Å². The number of hydrogen-bond donors (Lipinski definition) is 2. The lowest BCUT2D eigenvalue weighted by Crippen LogP contribution is -2.41. The Morgan fingerprint density at radius 3 is 2.47 bits per heavy atom. The fraction of sp³-hybridized carbons (Fsp3) is 0.357. The number of piperidine rings is 1. The van der Waals surface area contributed by atoms with Crippen LogP contribution < -0.4 is 14.9 Å². The molecule has 0 spiro atoms. The predicted molar refractivity (Wildman–Crippen MR) is 150 cm³/mol. The van der Waals surface area contributed by atoms with Gasteiger partial charge in [-0.1, -0.05) is 42.5 Å². The Labute approximate surface area is 227 Å². The van der Waals surface area contributed by atoms with Crippen molar-refractivity contribution in [1.29, 1.82) is 0 Å². The molecule has 3 aromatic rings. The molecule has 2 amide bonds. The highest BCUT2D eigenvalue weighted by Crippen LogP contribution is 2.35. The largest absolute Gasteiger partial charge is 0.348 e. The number of nitrogens with zero attached hydrogens (tertiary/aromatic N) is 2. The van der Waals surface area contributed by atoms with Gasteiger partial charge in [-0.25, -0.2) is 8.42 Å². The third-order valence-electron chi connectivity index (χ3n) is 7.17. The number of likely N-dealkylation sites (tertiary alicyclic amines) is 1. The van der Waals surface area contributed by atoms with E-state index in [1.54, 1.807) is 29.6 Å². The summed E-state index contributed by atoms with van der Waals surface area (Å²) in [5.41, 5.74) is 3.14. The fourth-order valence-corrected chi connectivity index (χ4v) is 7.72. The maximum Gasteiger partial charge on any atom is 0.313 e. The Kier molecular flexibility index (Phi) is 8.11. The van der Waals surface area contributed by atoms with Crippen LogP contribution in [-0.4, -0.2) is 51.3 Å². The van der Waals surface area contributed by atoms with Gasteiger partial charge in [0.05, 0.1) is 5.69 Å². The second-order valence-electron chi connectivity index (χ2n) is 9.83. The molecule has 1 aromatic heterocycles. The highest BCUT2D eigenvalue weighted by Gasteiger charge is 2.30. The average Bonchev–Trinajstić information content (AvgIpc) is 3.49. The van der Waals surface area contributed by atoms with Crippen LogP contribution >= 0.6 is 11.3 Å². The number of fused-ring (bicyclic) bond motifs is 1. The summed E-state index contributed by atoms with van der Waals surface area (Å²) in [6, 6.07) is 18.9. The lowest BCUT2D eigenvalue weighted by Gasteiger charge is -2.32. The van der Waals surface area contributed by atoms with Crippen LogP contribution in [0.3, 0.4) is 0 Å². The zero-order valence-corrected chi connectivity index (χ0v) is 22.8. The maximum atomic E-state index is 13.2. The monoisotopic (exact) mass is 552 g/mol. The van der Waals surface area contributed by atoms with Gasteiger partial charge >= 0.3 is 11.8 Å². The van der Waals surface area contributed by atoms with Gasteiger partial charge in [-0.2, -0.15) is 0 Å². The Morgan fingerprint density at radius 2 is 1.74 bits per heavy atom. The van der Waals surface area contributed by atoms with E-state index in [2.05, 4.69) is 39.8 Å². The van der Waals surface area contributed by atoms with Crippen LogP contribution in [0, 0.1) is 5.92 Å². The Balaban J connectivity index is 1.14. The number of sulfonamides is 1. The summed E-state index contributed by atoms with van der Waals surface area (Å²) in [6.07, 6.45) is 3.41. The molecular weight excluding hydrogens is 520 g/mol. The molecule has 8 nitrogen and oxygen atoms in total. The molecule has 5 rings (SSSR count). The fourth-order valence-electron chi connectivity index (χ4n) is 5.08. The van der Waals surface area contributed by atoms with Gasteiger partial charge in [-0.15, -0.1) is 11.3 Å². The molecule has 2 aromatic carbocycles. The van der Waals surface area contributed by atoms with Gasteiger partial charge in [0.25, 0.3) is 10.0 Å². The van der Waals surface area contributed by atoms with Crippen molar-refractivity contribution in [2.24, 2.45) is 5.92 Å². The van der Waals surface area contributed by atoms with E-state index < -0.39 is 21.8 Å². The number of benzene rings is 2. The number of amides is 2. The van der Waals surface area contributed by atoms with Gasteiger partial charge in [0, 0.05) is 25.3 Å². The summed E-state index contributed by atoms with van der Waals surface area (Å²) in [7, 11) is -3.68. The van der Waals surface area contributed by atoms with Crippen molar-refractivity contribution in [3.8, 4) is 0 Å². The molecule has 2 aliphatic heterocycles. The van der Waals surface area contributed by atoms with Crippen LogP contribution in [0.2, 0.25) is 0 Å². The van der Waals surface area contributed by atoms with Crippen LogP contribution in [0.5, 0.6) is 0 Å². The summed E-state index contributed by atoms with van der Waals surface area (Å²) >= 11 is 1.18. The molecule has 1 saturated heterocycles. The number of carbonyl (C=O) groups excluding carboxylic acids is 2. The number of nitrogens with one attached hydrogen (secondary N) is 2. The van der Waals surface area contributed by atoms with Gasteiger partial charge in [0.15, 0.2) is 0 Å². The number of thiophene rings is 1. The average molecular weight is 553 g/mol. The first kappa shape index (κ1) is 26.4. The minimum Gasteiger partial charge on any atom is -0.348 e. The molecule has 0 aliphatic carbocycles. The normalized spacial score (nSPS) is 16.6. The second kappa shape index (κ2) is 11.7. The Bertz CT molecular complexity index is 1370. The topological polar surface area (TPSA) is 98.8 Å². The van der Waals surface area contributed by atoms with Crippen molar-refractivity contribution in [2.75, 3.05) is 35.8 Å². The second-order valence-corrected chi connectivity index (χ2v) is 12.9. The third-order valence-corrected chi connectivity index (χ3v) is 10.4. The van der Waals surface area contributed by atoms with E-state index in [-0.39, 0.29) is 4.21 Å². The van der Waals surface area contributed by atoms with Crippen LogP contribution in [0.25, 0.3) is 0 Å². The lowest BCUT2D eigenvalue weighted by molar-refractivity contribution is -0.136. The number of rotatable bonds is 7. The molecule has 1 fully saturated rings. The molecule has 0 saturated carbocycles. The van der Waals surface area contributed by atoms with Crippen LogP contribution in [0.1, 0.15) is 30.4 Å². The standard InChI is InChI=1S/C28H32N4O4S2/c33-27(29-19-21-12-15-31(16-13-21)20-22-6-2-1-3-7-22)28(34)30-24-11-10-23-8-4-14-32(25(23)18-24)38(35,36)26-9-5-17-37-26/h1-3,5-7,9-11,17-18,21H,4,8,12-16,19-20H2,(H,29,33)(H,30,34). The van der Waals surface area contributed by atoms with Crippen molar-refractivity contribution >= 4 is 44.5 Å².